The van der Waals surface area contributed by atoms with Crippen molar-refractivity contribution >= 4 is 17.4 Å². The molecule has 0 aliphatic rings. The molecular formula is C20H15ClO. The standard InChI is InChI=1S/C20H15ClO/c1-14-13-18(21)11-12-19(14)20(22)17-9-7-16(8-10-17)15-5-3-2-4-6-15/h2-13H,1H3. The lowest BCUT2D eigenvalue weighted by molar-refractivity contribution is 0.103. The van der Waals surface area contributed by atoms with E-state index in [1.807, 2.05) is 55.5 Å². The van der Waals surface area contributed by atoms with Crippen LogP contribution >= 0.6 is 11.6 Å². The predicted octanol–water partition coefficient (Wildman–Crippen LogP) is 5.55. The third-order valence-corrected chi connectivity index (χ3v) is 3.92. The highest BCUT2D eigenvalue weighted by atomic mass is 35.5. The summed E-state index contributed by atoms with van der Waals surface area (Å²) in [6, 6.07) is 23.2. The summed E-state index contributed by atoms with van der Waals surface area (Å²) in [6.45, 7) is 1.90. The van der Waals surface area contributed by atoms with Crippen molar-refractivity contribution in [1.29, 1.82) is 0 Å². The summed E-state index contributed by atoms with van der Waals surface area (Å²) in [6.07, 6.45) is 0. The number of hydrogen-bond donors (Lipinski definition) is 0. The molecule has 0 spiro atoms. The number of rotatable bonds is 3. The fourth-order valence-electron chi connectivity index (χ4n) is 2.48. The highest BCUT2D eigenvalue weighted by molar-refractivity contribution is 6.30. The van der Waals surface area contributed by atoms with Crippen molar-refractivity contribution in [3.8, 4) is 11.1 Å². The minimum Gasteiger partial charge on any atom is -0.289 e. The van der Waals surface area contributed by atoms with E-state index in [1.165, 1.54) is 0 Å². The molecule has 0 aliphatic heterocycles. The molecule has 0 atom stereocenters. The van der Waals surface area contributed by atoms with Crippen molar-refractivity contribution in [3.63, 3.8) is 0 Å². The summed E-state index contributed by atoms with van der Waals surface area (Å²) in [5.41, 5.74) is 4.51. The van der Waals surface area contributed by atoms with Crippen LogP contribution in [0.4, 0.5) is 0 Å². The summed E-state index contributed by atoms with van der Waals surface area (Å²) in [7, 11) is 0. The Morgan fingerprint density at radius 1 is 0.818 bits per heavy atom. The second-order valence-corrected chi connectivity index (χ2v) is 5.67. The first-order valence-corrected chi connectivity index (χ1v) is 7.49. The van der Waals surface area contributed by atoms with E-state index in [0.29, 0.717) is 16.1 Å². The molecule has 3 rings (SSSR count). The molecule has 0 amide bonds. The van der Waals surface area contributed by atoms with E-state index in [-0.39, 0.29) is 5.78 Å². The normalized spacial score (nSPS) is 10.5. The minimum absolute atomic E-state index is 0.0220. The zero-order valence-electron chi connectivity index (χ0n) is 12.2. The van der Waals surface area contributed by atoms with Crippen LogP contribution in [0.3, 0.4) is 0 Å². The molecule has 3 aromatic carbocycles. The van der Waals surface area contributed by atoms with Crippen LogP contribution in [0, 0.1) is 6.92 Å². The van der Waals surface area contributed by atoms with Gasteiger partial charge in [-0.3, -0.25) is 4.79 Å². The molecule has 108 valence electrons. The van der Waals surface area contributed by atoms with Gasteiger partial charge in [0.15, 0.2) is 5.78 Å². The molecule has 0 N–H and O–H groups in total. The average Bonchev–Trinajstić information content (AvgIpc) is 2.55. The van der Waals surface area contributed by atoms with Gasteiger partial charge in [-0.05, 0) is 41.8 Å². The molecule has 0 unspecified atom stereocenters. The Labute approximate surface area is 135 Å². The number of carbonyl (C=O) groups is 1. The molecule has 0 saturated heterocycles. The zero-order valence-corrected chi connectivity index (χ0v) is 13.0. The van der Waals surface area contributed by atoms with Crippen molar-refractivity contribution in [1.82, 2.24) is 0 Å². The van der Waals surface area contributed by atoms with Gasteiger partial charge in [0.05, 0.1) is 0 Å². The van der Waals surface area contributed by atoms with Gasteiger partial charge < -0.3 is 0 Å². The summed E-state index contributed by atoms with van der Waals surface area (Å²) < 4.78 is 0. The van der Waals surface area contributed by atoms with Gasteiger partial charge in [0.25, 0.3) is 0 Å². The van der Waals surface area contributed by atoms with Crippen LogP contribution in [0.25, 0.3) is 11.1 Å². The first kappa shape index (κ1) is 14.6. The summed E-state index contributed by atoms with van der Waals surface area (Å²) in [5.74, 6) is 0.0220. The lowest BCUT2D eigenvalue weighted by Gasteiger charge is -2.07. The Hall–Kier alpha value is -2.38. The maximum Gasteiger partial charge on any atom is 0.193 e. The molecule has 0 aliphatic carbocycles. The Bertz CT molecular complexity index is 805. The number of carbonyl (C=O) groups excluding carboxylic acids is 1. The Morgan fingerprint density at radius 3 is 2.09 bits per heavy atom. The molecule has 2 heteroatoms. The van der Waals surface area contributed by atoms with E-state index in [1.54, 1.807) is 12.1 Å². The van der Waals surface area contributed by atoms with Gasteiger partial charge in [0, 0.05) is 16.1 Å². The molecule has 0 saturated carbocycles. The largest absolute Gasteiger partial charge is 0.289 e. The number of halogens is 1. The van der Waals surface area contributed by atoms with Crippen molar-refractivity contribution in [2.75, 3.05) is 0 Å². The predicted molar refractivity (Wildman–Crippen MR) is 91.5 cm³/mol. The maximum atomic E-state index is 12.6. The number of benzene rings is 3. The van der Waals surface area contributed by atoms with Crippen LogP contribution in [-0.2, 0) is 0 Å². The molecule has 3 aromatic rings. The Morgan fingerprint density at radius 2 is 1.45 bits per heavy atom. The quantitative estimate of drug-likeness (QED) is 0.580. The third kappa shape index (κ3) is 2.95. The summed E-state index contributed by atoms with van der Waals surface area (Å²) in [5, 5.41) is 0.647. The van der Waals surface area contributed by atoms with E-state index in [0.717, 1.165) is 16.7 Å². The lowest BCUT2D eigenvalue weighted by atomic mass is 9.97. The Balaban J connectivity index is 1.91. The molecular weight excluding hydrogens is 292 g/mol. The zero-order chi connectivity index (χ0) is 15.5. The first-order chi connectivity index (χ1) is 10.6. The van der Waals surface area contributed by atoms with Crippen LogP contribution in [0.15, 0.2) is 72.8 Å². The summed E-state index contributed by atoms with van der Waals surface area (Å²) in [4.78, 5) is 12.6. The van der Waals surface area contributed by atoms with Gasteiger partial charge in [-0.1, -0.05) is 66.2 Å². The van der Waals surface area contributed by atoms with Crippen molar-refractivity contribution in [3.05, 3.63) is 94.5 Å². The van der Waals surface area contributed by atoms with Crippen molar-refractivity contribution < 1.29 is 4.79 Å². The highest BCUT2D eigenvalue weighted by Gasteiger charge is 2.12. The second kappa shape index (κ2) is 6.17. The lowest BCUT2D eigenvalue weighted by Crippen LogP contribution is -2.03. The van der Waals surface area contributed by atoms with Gasteiger partial charge >= 0.3 is 0 Å². The van der Waals surface area contributed by atoms with E-state index >= 15 is 0 Å². The summed E-state index contributed by atoms with van der Waals surface area (Å²) >= 11 is 5.94. The SMILES string of the molecule is Cc1cc(Cl)ccc1C(=O)c1ccc(-c2ccccc2)cc1. The minimum atomic E-state index is 0.0220. The van der Waals surface area contributed by atoms with Crippen LogP contribution in [0.2, 0.25) is 5.02 Å². The number of aryl methyl sites for hydroxylation is 1. The van der Waals surface area contributed by atoms with Gasteiger partial charge in [0.2, 0.25) is 0 Å². The molecule has 22 heavy (non-hydrogen) atoms. The molecule has 0 fully saturated rings. The van der Waals surface area contributed by atoms with Crippen LogP contribution in [0.5, 0.6) is 0 Å². The molecule has 0 aromatic heterocycles. The Kier molecular flexibility index (Phi) is 4.08. The average molecular weight is 307 g/mol. The van der Waals surface area contributed by atoms with Crippen LogP contribution in [-0.4, -0.2) is 5.78 Å². The maximum absolute atomic E-state index is 12.6. The fraction of sp³-hybridized carbons (Fsp3) is 0.0500. The molecule has 0 heterocycles. The molecule has 1 nitrogen and oxygen atoms in total. The number of hydrogen-bond acceptors (Lipinski definition) is 1. The van der Waals surface area contributed by atoms with Crippen molar-refractivity contribution in [2.24, 2.45) is 0 Å². The van der Waals surface area contributed by atoms with Crippen molar-refractivity contribution in [2.45, 2.75) is 6.92 Å². The van der Waals surface area contributed by atoms with E-state index < -0.39 is 0 Å². The topological polar surface area (TPSA) is 17.1 Å². The monoisotopic (exact) mass is 306 g/mol. The van der Waals surface area contributed by atoms with E-state index in [2.05, 4.69) is 12.1 Å². The van der Waals surface area contributed by atoms with Gasteiger partial charge in [0.1, 0.15) is 0 Å². The third-order valence-electron chi connectivity index (χ3n) is 3.69. The second-order valence-electron chi connectivity index (χ2n) is 5.23. The first-order valence-electron chi connectivity index (χ1n) is 7.11. The van der Waals surface area contributed by atoms with E-state index in [4.69, 9.17) is 11.6 Å². The van der Waals surface area contributed by atoms with Gasteiger partial charge in [-0.15, -0.1) is 0 Å². The van der Waals surface area contributed by atoms with E-state index in [9.17, 15) is 4.79 Å². The molecule has 0 bridgehead atoms. The smallest absolute Gasteiger partial charge is 0.193 e. The van der Waals surface area contributed by atoms with Crippen LogP contribution in [0.1, 0.15) is 21.5 Å². The van der Waals surface area contributed by atoms with Gasteiger partial charge in [-0.2, -0.15) is 0 Å². The molecule has 0 radical (unpaired) electrons. The number of ketones is 1. The fourth-order valence-corrected chi connectivity index (χ4v) is 2.71. The van der Waals surface area contributed by atoms with Gasteiger partial charge in [-0.25, -0.2) is 0 Å². The van der Waals surface area contributed by atoms with Crippen LogP contribution < -0.4 is 0 Å². The highest BCUT2D eigenvalue weighted by Crippen LogP contribution is 2.22.